The molecule has 2 saturated heterocycles. The van der Waals surface area contributed by atoms with Crippen LogP contribution in [-0.2, 0) is 22.8 Å². The highest BCUT2D eigenvalue weighted by Gasteiger charge is 2.37. The van der Waals surface area contributed by atoms with Crippen LogP contribution in [0.15, 0.2) is 59.9 Å². The first kappa shape index (κ1) is 38.2. The molecule has 4 aromatic heterocycles. The highest BCUT2D eigenvalue weighted by Crippen LogP contribution is 2.37. The molecular formula is C39H42F4N10O4. The van der Waals surface area contributed by atoms with Crippen molar-refractivity contribution in [3.8, 4) is 0 Å². The van der Waals surface area contributed by atoms with Gasteiger partial charge in [-0.2, -0.15) is 13.2 Å². The fourth-order valence-corrected chi connectivity index (χ4v) is 8.78. The summed E-state index contributed by atoms with van der Waals surface area (Å²) in [5.74, 6) is -1.05. The van der Waals surface area contributed by atoms with E-state index < -0.39 is 41.6 Å². The molecule has 5 aromatic rings. The van der Waals surface area contributed by atoms with Gasteiger partial charge in [-0.15, -0.1) is 0 Å². The molecule has 2 aliphatic heterocycles. The Morgan fingerprint density at radius 1 is 1.00 bits per heavy atom. The summed E-state index contributed by atoms with van der Waals surface area (Å²) in [4.78, 5) is 66.3. The molecular weight excluding hydrogens is 748 g/mol. The van der Waals surface area contributed by atoms with Crippen LogP contribution in [0.5, 0.6) is 0 Å². The topological polar surface area (TPSA) is 152 Å². The third kappa shape index (κ3) is 7.49. The predicted octanol–water partition coefficient (Wildman–Crippen LogP) is 4.85. The maximum atomic E-state index is 16.1. The van der Waals surface area contributed by atoms with Gasteiger partial charge in [0.2, 0.25) is 11.8 Å². The molecule has 0 radical (unpaired) electrons. The first-order valence-corrected chi connectivity index (χ1v) is 19.1. The molecule has 3 amide bonds. The Morgan fingerprint density at radius 3 is 2.53 bits per heavy atom. The molecule has 300 valence electrons. The second-order valence-electron chi connectivity index (χ2n) is 15.4. The molecule has 57 heavy (non-hydrogen) atoms. The lowest BCUT2D eigenvalue weighted by molar-refractivity contribution is -0.141. The summed E-state index contributed by atoms with van der Waals surface area (Å²) in [7, 11) is 3.64. The monoisotopic (exact) mass is 790 g/mol. The van der Waals surface area contributed by atoms with Crippen LogP contribution in [0.2, 0.25) is 0 Å². The van der Waals surface area contributed by atoms with Crippen LogP contribution in [0.25, 0.3) is 16.7 Å². The summed E-state index contributed by atoms with van der Waals surface area (Å²) in [6.45, 7) is 1.52. The molecule has 1 aliphatic carbocycles. The van der Waals surface area contributed by atoms with E-state index in [1.54, 1.807) is 35.8 Å². The summed E-state index contributed by atoms with van der Waals surface area (Å²) in [6, 6.07) is 7.78. The van der Waals surface area contributed by atoms with E-state index in [0.29, 0.717) is 47.4 Å². The highest BCUT2D eigenvalue weighted by atomic mass is 19.4. The van der Waals surface area contributed by atoms with Crippen molar-refractivity contribution in [1.82, 2.24) is 38.7 Å². The number of para-hydroxylation sites is 1. The van der Waals surface area contributed by atoms with Gasteiger partial charge in [0.15, 0.2) is 5.69 Å². The number of aryl methyl sites for hydroxylation is 1. The van der Waals surface area contributed by atoms with E-state index in [9.17, 15) is 32.3 Å². The van der Waals surface area contributed by atoms with E-state index in [-0.39, 0.29) is 42.9 Å². The Bertz CT molecular complexity index is 2420. The van der Waals surface area contributed by atoms with Crippen LogP contribution in [0.1, 0.15) is 78.8 Å². The molecule has 1 saturated carbocycles. The zero-order valence-corrected chi connectivity index (χ0v) is 31.4. The lowest BCUT2D eigenvalue weighted by Gasteiger charge is -2.42. The summed E-state index contributed by atoms with van der Waals surface area (Å²) in [6.07, 6.45) is 3.99. The number of nitrogens with zero attached hydrogens (tertiary/aromatic N) is 8. The number of aromatic nitrogens is 6. The van der Waals surface area contributed by atoms with Gasteiger partial charge in [0.05, 0.1) is 47.0 Å². The number of imide groups is 1. The number of imidazole rings is 2. The summed E-state index contributed by atoms with van der Waals surface area (Å²) >= 11 is 0. The average Bonchev–Trinajstić information content (AvgIpc) is 3.72. The van der Waals surface area contributed by atoms with E-state index in [2.05, 4.69) is 25.5 Å². The largest absolute Gasteiger partial charge is 0.434 e. The van der Waals surface area contributed by atoms with E-state index in [1.165, 1.54) is 9.13 Å². The minimum absolute atomic E-state index is 0.148. The maximum Gasteiger partial charge on any atom is 0.434 e. The molecule has 0 spiro atoms. The Labute approximate surface area is 323 Å². The first-order valence-electron chi connectivity index (χ1n) is 19.1. The van der Waals surface area contributed by atoms with Crippen LogP contribution in [-0.4, -0.2) is 90.0 Å². The molecule has 2 N–H and O–H groups in total. The summed E-state index contributed by atoms with van der Waals surface area (Å²) in [5, 5.41) is 4.92. The number of piperidine rings is 2. The number of carbonyl (C=O) groups excluding carboxylic acids is 3. The Balaban J connectivity index is 0.862. The number of anilines is 2. The number of hydrogen-bond acceptors (Lipinski definition) is 9. The van der Waals surface area contributed by atoms with Gasteiger partial charge in [-0.25, -0.2) is 19.2 Å². The van der Waals surface area contributed by atoms with Crippen molar-refractivity contribution in [2.24, 2.45) is 13.0 Å². The lowest BCUT2D eigenvalue weighted by Crippen LogP contribution is -2.52. The fourth-order valence-electron chi connectivity index (χ4n) is 8.78. The number of hydrogen-bond donors (Lipinski definition) is 2. The van der Waals surface area contributed by atoms with E-state index in [1.807, 2.05) is 30.3 Å². The van der Waals surface area contributed by atoms with Gasteiger partial charge in [0.25, 0.3) is 5.91 Å². The highest BCUT2D eigenvalue weighted by molar-refractivity contribution is 6.03. The fraction of sp³-hybridized carbons (Fsp3) is 0.462. The van der Waals surface area contributed by atoms with Crippen molar-refractivity contribution < 1.29 is 31.9 Å². The number of pyridine rings is 1. The summed E-state index contributed by atoms with van der Waals surface area (Å²) in [5.41, 5.74) is 1.84. The molecule has 14 nitrogen and oxygen atoms in total. The zero-order chi connectivity index (χ0) is 40.2. The molecule has 1 aromatic carbocycles. The van der Waals surface area contributed by atoms with Gasteiger partial charge in [-0.1, -0.05) is 6.07 Å². The molecule has 18 heteroatoms. The van der Waals surface area contributed by atoms with Gasteiger partial charge in [-0.3, -0.25) is 33.8 Å². The molecule has 1 unspecified atom stereocenters. The average molecular weight is 791 g/mol. The van der Waals surface area contributed by atoms with Crippen LogP contribution >= 0.6 is 0 Å². The number of halogens is 4. The quantitative estimate of drug-likeness (QED) is 0.166. The Kier molecular flexibility index (Phi) is 10.1. The normalized spacial score (nSPS) is 23.4. The van der Waals surface area contributed by atoms with Gasteiger partial charge in [0, 0.05) is 50.9 Å². The van der Waals surface area contributed by atoms with Gasteiger partial charge >= 0.3 is 11.9 Å². The van der Waals surface area contributed by atoms with Gasteiger partial charge in [0.1, 0.15) is 23.6 Å². The van der Waals surface area contributed by atoms with E-state index >= 15 is 4.39 Å². The first-order chi connectivity index (χ1) is 27.2. The Morgan fingerprint density at radius 2 is 1.79 bits per heavy atom. The molecule has 8 rings (SSSR count). The molecule has 3 atom stereocenters. The molecule has 3 aliphatic rings. The van der Waals surface area contributed by atoms with Crippen LogP contribution in [0, 0.1) is 5.92 Å². The Hall–Kier alpha value is -5.65. The van der Waals surface area contributed by atoms with Crippen LogP contribution in [0.4, 0.5) is 28.9 Å². The van der Waals surface area contributed by atoms with Crippen molar-refractivity contribution >= 4 is 45.8 Å². The van der Waals surface area contributed by atoms with Crippen molar-refractivity contribution in [2.75, 3.05) is 36.9 Å². The maximum absolute atomic E-state index is 16.1. The number of nitrogens with one attached hydrogen (secondary N) is 2. The third-order valence-corrected chi connectivity index (χ3v) is 11.7. The summed E-state index contributed by atoms with van der Waals surface area (Å²) < 4.78 is 59.9. The molecule has 0 bridgehead atoms. The standard InChI is InChI=1S/C39H42F4N10O4/c1-49(28-14-15-51(20-25(28)40)29-4-3-5-30-35(29)50(2)38(57)53(30)31-11-13-34(54)48-37(31)56)18-22-6-8-23(9-7-22)27-21-52-19-24(10-12-33(52)47-27)45-36(55)26-16-44-17-32(46-26)39(41,42)43/h3-5,10,12,16-17,19,21-23,25,28,31H,6-9,11,13-15,18,20H2,1-2H3,(H,45,55)(H,48,54,56)/t22?,23?,25-,28+,31?/m1/s1. The number of rotatable bonds is 8. The number of carbonyl (C=O) groups is 3. The number of fused-ring (bicyclic) bond motifs is 2. The smallest absolute Gasteiger partial charge is 0.367 e. The second-order valence-corrected chi connectivity index (χ2v) is 15.4. The second kappa shape index (κ2) is 15.0. The van der Waals surface area contributed by atoms with E-state index in [4.69, 9.17) is 4.98 Å². The molecule has 3 fully saturated rings. The van der Waals surface area contributed by atoms with Crippen LogP contribution in [0.3, 0.4) is 0 Å². The number of alkyl halides is 4. The number of benzene rings is 1. The lowest BCUT2D eigenvalue weighted by atomic mass is 9.80. The van der Waals surface area contributed by atoms with Gasteiger partial charge in [-0.05, 0) is 75.8 Å². The van der Waals surface area contributed by atoms with Crippen molar-refractivity contribution in [1.29, 1.82) is 0 Å². The van der Waals surface area contributed by atoms with Crippen molar-refractivity contribution in [3.05, 3.63) is 82.7 Å². The van der Waals surface area contributed by atoms with E-state index in [0.717, 1.165) is 49.8 Å². The van der Waals surface area contributed by atoms with Crippen molar-refractivity contribution in [2.45, 2.75) is 75.3 Å². The third-order valence-electron chi connectivity index (χ3n) is 11.7. The SMILES string of the molecule is CN(CC1CCC(c2cn3cc(NC(=O)c4cncc(C(F)(F)F)n4)ccc3n2)CC1)[C@H]1CCN(c2cccc3c2n(C)c(=O)n3C2CCC(=O)NC2=O)C[C@H]1F. The minimum atomic E-state index is -4.72. The molecule has 6 heterocycles. The zero-order valence-electron chi connectivity index (χ0n) is 31.4. The van der Waals surface area contributed by atoms with Crippen molar-refractivity contribution in [3.63, 3.8) is 0 Å². The predicted molar refractivity (Wildman–Crippen MR) is 202 cm³/mol. The van der Waals surface area contributed by atoms with Crippen LogP contribution < -0.4 is 21.2 Å². The number of amides is 3. The van der Waals surface area contributed by atoms with Gasteiger partial charge < -0.3 is 19.5 Å². The minimum Gasteiger partial charge on any atom is -0.367 e.